The van der Waals surface area contributed by atoms with Crippen LogP contribution < -0.4 is 10.2 Å². The third-order valence-electron chi connectivity index (χ3n) is 7.32. The number of para-hydroxylation sites is 1. The van der Waals surface area contributed by atoms with E-state index in [1.807, 2.05) is 44.2 Å². The number of piperazine rings is 1. The fourth-order valence-corrected chi connectivity index (χ4v) is 5.80. The second kappa shape index (κ2) is 6.69. The lowest BCUT2D eigenvalue weighted by atomic mass is 9.60. The van der Waals surface area contributed by atoms with E-state index in [0.717, 1.165) is 11.3 Å². The zero-order valence-electron chi connectivity index (χ0n) is 18.4. The molecule has 3 aliphatic rings. The number of carbonyl (C=O) groups is 3. The standard InChI is InChI=1S/C24H31N3O3/c1-7-23(5,6)24-13-19-20(29)25-17(12-14(2)3)21(30)27(19)22(24)26(15(4)28)18-11-9-8-10-16(18)24/h7-11,14,17,19,22H,1,12-13H2,2-6H3,(H,25,29)/t17-,19+,22+,24-/m1/s1. The maximum atomic E-state index is 13.7. The molecule has 1 aromatic rings. The van der Waals surface area contributed by atoms with Crippen LogP contribution in [0.15, 0.2) is 36.9 Å². The Hall–Kier alpha value is -2.63. The number of hydrogen-bond donors (Lipinski definition) is 1. The van der Waals surface area contributed by atoms with Gasteiger partial charge < -0.3 is 10.2 Å². The Balaban J connectivity index is 1.95. The monoisotopic (exact) mass is 409 g/mol. The summed E-state index contributed by atoms with van der Waals surface area (Å²) in [6.45, 7) is 13.8. The molecule has 3 heterocycles. The molecule has 0 aromatic heterocycles. The van der Waals surface area contributed by atoms with Gasteiger partial charge in [0, 0.05) is 18.0 Å². The average Bonchev–Trinajstić information content (AvgIpc) is 3.17. The van der Waals surface area contributed by atoms with E-state index >= 15 is 0 Å². The Morgan fingerprint density at radius 2 is 2.00 bits per heavy atom. The molecular formula is C24H31N3O3. The van der Waals surface area contributed by atoms with Gasteiger partial charge in [-0.3, -0.25) is 19.3 Å². The van der Waals surface area contributed by atoms with Gasteiger partial charge >= 0.3 is 0 Å². The molecule has 0 radical (unpaired) electrons. The minimum atomic E-state index is -0.610. The normalized spacial score (nSPS) is 30.1. The Morgan fingerprint density at radius 3 is 2.60 bits per heavy atom. The van der Waals surface area contributed by atoms with Crippen LogP contribution in [-0.2, 0) is 19.8 Å². The molecule has 160 valence electrons. The Bertz CT molecular complexity index is 937. The molecule has 2 saturated heterocycles. The van der Waals surface area contributed by atoms with E-state index in [1.165, 1.54) is 6.92 Å². The molecule has 6 heteroatoms. The van der Waals surface area contributed by atoms with E-state index in [-0.39, 0.29) is 23.6 Å². The van der Waals surface area contributed by atoms with E-state index in [4.69, 9.17) is 0 Å². The van der Waals surface area contributed by atoms with Crippen molar-refractivity contribution in [3.63, 3.8) is 0 Å². The molecule has 0 unspecified atom stereocenters. The second-order valence-corrected chi connectivity index (χ2v) is 9.83. The summed E-state index contributed by atoms with van der Waals surface area (Å²) in [5.74, 6) is -0.0968. The van der Waals surface area contributed by atoms with Crippen LogP contribution >= 0.6 is 0 Å². The summed E-state index contributed by atoms with van der Waals surface area (Å²) in [6.07, 6.45) is 2.39. The lowest BCUT2D eigenvalue weighted by molar-refractivity contribution is -0.150. The smallest absolute Gasteiger partial charge is 0.247 e. The molecular weight excluding hydrogens is 378 g/mol. The van der Waals surface area contributed by atoms with Gasteiger partial charge in [0.1, 0.15) is 18.2 Å². The first-order valence-corrected chi connectivity index (χ1v) is 10.7. The molecule has 2 fully saturated rings. The van der Waals surface area contributed by atoms with Crippen LogP contribution in [0.5, 0.6) is 0 Å². The maximum absolute atomic E-state index is 13.7. The van der Waals surface area contributed by atoms with E-state index in [9.17, 15) is 14.4 Å². The van der Waals surface area contributed by atoms with Crippen molar-refractivity contribution in [3.05, 3.63) is 42.5 Å². The van der Waals surface area contributed by atoms with Crippen LogP contribution in [0.3, 0.4) is 0 Å². The summed E-state index contributed by atoms with van der Waals surface area (Å²) in [6, 6.07) is 6.68. The zero-order chi connectivity index (χ0) is 22.0. The summed E-state index contributed by atoms with van der Waals surface area (Å²) in [5, 5.41) is 2.95. The van der Waals surface area contributed by atoms with Crippen molar-refractivity contribution < 1.29 is 14.4 Å². The quantitative estimate of drug-likeness (QED) is 0.778. The number of fused-ring (bicyclic) bond motifs is 5. The first kappa shape index (κ1) is 20.6. The molecule has 0 bridgehead atoms. The summed E-state index contributed by atoms with van der Waals surface area (Å²) < 4.78 is 0. The van der Waals surface area contributed by atoms with E-state index < -0.39 is 29.1 Å². The number of nitrogens with zero attached hydrogens (tertiary/aromatic N) is 2. The fourth-order valence-electron chi connectivity index (χ4n) is 5.80. The molecule has 30 heavy (non-hydrogen) atoms. The van der Waals surface area contributed by atoms with Gasteiger partial charge in [0.05, 0.1) is 0 Å². The molecule has 0 aliphatic carbocycles. The Kier molecular flexibility index (Phi) is 4.60. The second-order valence-electron chi connectivity index (χ2n) is 9.83. The Morgan fingerprint density at radius 1 is 1.33 bits per heavy atom. The largest absolute Gasteiger partial charge is 0.342 e. The lowest BCUT2D eigenvalue weighted by Gasteiger charge is -2.46. The summed E-state index contributed by atoms with van der Waals surface area (Å²) in [7, 11) is 0. The van der Waals surface area contributed by atoms with Gasteiger partial charge in [0.15, 0.2) is 0 Å². The number of hydrogen-bond acceptors (Lipinski definition) is 3. The molecule has 0 spiro atoms. The summed E-state index contributed by atoms with van der Waals surface area (Å²) >= 11 is 0. The van der Waals surface area contributed by atoms with Crippen LogP contribution in [0, 0.1) is 11.3 Å². The van der Waals surface area contributed by atoms with Gasteiger partial charge in [0.25, 0.3) is 0 Å². The minimum absolute atomic E-state index is 0.0981. The van der Waals surface area contributed by atoms with Crippen molar-refractivity contribution in [1.29, 1.82) is 0 Å². The Labute approximate surface area is 178 Å². The van der Waals surface area contributed by atoms with E-state index in [1.54, 1.807) is 9.80 Å². The number of carbonyl (C=O) groups excluding carboxylic acids is 3. The van der Waals surface area contributed by atoms with Crippen LogP contribution in [-0.4, -0.2) is 40.9 Å². The number of allylic oxidation sites excluding steroid dienone is 1. The van der Waals surface area contributed by atoms with Crippen molar-refractivity contribution in [1.82, 2.24) is 10.2 Å². The van der Waals surface area contributed by atoms with Gasteiger partial charge in [-0.2, -0.15) is 0 Å². The van der Waals surface area contributed by atoms with Gasteiger partial charge in [-0.15, -0.1) is 6.58 Å². The highest BCUT2D eigenvalue weighted by Crippen LogP contribution is 2.62. The zero-order valence-corrected chi connectivity index (χ0v) is 18.4. The summed E-state index contributed by atoms with van der Waals surface area (Å²) in [5.41, 5.74) is 0.762. The average molecular weight is 410 g/mol. The topological polar surface area (TPSA) is 69.7 Å². The number of anilines is 1. The number of rotatable bonds is 4. The van der Waals surface area contributed by atoms with Crippen LogP contribution in [0.4, 0.5) is 5.69 Å². The highest BCUT2D eigenvalue weighted by atomic mass is 16.2. The van der Waals surface area contributed by atoms with Crippen molar-refractivity contribution in [3.8, 4) is 0 Å². The molecule has 4 rings (SSSR count). The maximum Gasteiger partial charge on any atom is 0.247 e. The third kappa shape index (κ3) is 2.52. The fraction of sp³-hybridized carbons (Fsp3) is 0.542. The SMILES string of the molecule is C=CC(C)(C)[C@@]12C[C@H]3C(=O)N[C@H](CC(C)C)C(=O)N3[C@@H]1N(C(C)=O)c1ccccc12. The summed E-state index contributed by atoms with van der Waals surface area (Å²) in [4.78, 5) is 43.1. The van der Waals surface area contributed by atoms with Gasteiger partial charge in [-0.05, 0) is 35.8 Å². The van der Waals surface area contributed by atoms with Gasteiger partial charge in [-0.1, -0.05) is 52.0 Å². The molecule has 6 nitrogen and oxygen atoms in total. The predicted octanol–water partition coefficient (Wildman–Crippen LogP) is 2.97. The van der Waals surface area contributed by atoms with Crippen LogP contribution in [0.1, 0.15) is 53.0 Å². The molecule has 4 atom stereocenters. The van der Waals surface area contributed by atoms with E-state index in [0.29, 0.717) is 12.8 Å². The van der Waals surface area contributed by atoms with Gasteiger partial charge in [-0.25, -0.2) is 0 Å². The molecule has 1 N–H and O–H groups in total. The first-order chi connectivity index (χ1) is 14.1. The predicted molar refractivity (Wildman–Crippen MR) is 116 cm³/mol. The highest BCUT2D eigenvalue weighted by Gasteiger charge is 2.69. The third-order valence-corrected chi connectivity index (χ3v) is 7.32. The van der Waals surface area contributed by atoms with Crippen molar-refractivity contribution >= 4 is 23.4 Å². The molecule has 0 saturated carbocycles. The molecule has 1 aromatic carbocycles. The number of nitrogens with one attached hydrogen (secondary N) is 1. The lowest BCUT2D eigenvalue weighted by Crippen LogP contribution is -2.66. The van der Waals surface area contributed by atoms with E-state index in [2.05, 4.69) is 25.7 Å². The van der Waals surface area contributed by atoms with Crippen LogP contribution in [0.25, 0.3) is 0 Å². The van der Waals surface area contributed by atoms with Crippen LogP contribution in [0.2, 0.25) is 0 Å². The molecule has 3 amide bonds. The first-order valence-electron chi connectivity index (χ1n) is 10.7. The molecule has 3 aliphatic heterocycles. The minimum Gasteiger partial charge on any atom is -0.342 e. The van der Waals surface area contributed by atoms with Gasteiger partial charge in [0.2, 0.25) is 17.7 Å². The number of amides is 3. The highest BCUT2D eigenvalue weighted by molar-refractivity contribution is 6.02. The van der Waals surface area contributed by atoms with Crippen molar-refractivity contribution in [2.45, 2.75) is 71.1 Å². The van der Waals surface area contributed by atoms with Crippen molar-refractivity contribution in [2.75, 3.05) is 4.90 Å². The van der Waals surface area contributed by atoms with Crippen molar-refractivity contribution in [2.24, 2.45) is 11.3 Å². The number of benzene rings is 1.